The molecule has 0 aliphatic heterocycles. The number of allylic oxidation sites excluding steroid dienone is 7. The Balaban J connectivity index is 4.30. The number of hydrogen-bond donors (Lipinski definition) is 3. The molecule has 0 rings (SSSR count). The van der Waals surface area contributed by atoms with E-state index >= 15 is 0 Å². The third kappa shape index (κ3) is 48.2. The van der Waals surface area contributed by atoms with Crippen molar-refractivity contribution in [3.63, 3.8) is 0 Å². The van der Waals surface area contributed by atoms with Crippen LogP contribution in [0.15, 0.2) is 48.6 Å². The van der Waals surface area contributed by atoms with Crippen molar-refractivity contribution in [3.8, 4) is 0 Å². The van der Waals surface area contributed by atoms with Gasteiger partial charge < -0.3 is 19.8 Å². The lowest BCUT2D eigenvalue weighted by Crippen LogP contribution is -2.45. The summed E-state index contributed by atoms with van der Waals surface area (Å²) in [7, 11) is 1.54. The zero-order valence-electron chi connectivity index (χ0n) is 42.1. The van der Waals surface area contributed by atoms with Crippen molar-refractivity contribution in [3.05, 3.63) is 48.6 Å². The number of aliphatic hydroxyl groups excluding tert-OH is 1. The molecular formula is C54H104N2O6P+. The fraction of sp³-hybridized carbons (Fsp3) is 0.833. The summed E-state index contributed by atoms with van der Waals surface area (Å²) in [5, 5.41) is 13.8. The number of rotatable bonds is 48. The van der Waals surface area contributed by atoms with Crippen LogP contribution in [0, 0.1) is 0 Å². The Morgan fingerprint density at radius 1 is 0.524 bits per heavy atom. The van der Waals surface area contributed by atoms with Crippen molar-refractivity contribution in [2.45, 2.75) is 251 Å². The Kier molecular flexibility index (Phi) is 44.5. The molecule has 3 N–H and O–H groups in total. The molecule has 0 spiro atoms. The summed E-state index contributed by atoms with van der Waals surface area (Å²) in [5.74, 6) is -0.200. The van der Waals surface area contributed by atoms with Crippen LogP contribution in [0.2, 0.25) is 0 Å². The molecule has 0 heterocycles. The number of nitrogens with zero attached hydrogens (tertiary/aromatic N) is 1. The van der Waals surface area contributed by atoms with Crippen molar-refractivity contribution >= 4 is 13.7 Å². The molecule has 0 aromatic carbocycles. The highest BCUT2D eigenvalue weighted by molar-refractivity contribution is 7.47. The first-order chi connectivity index (χ1) is 30.5. The first kappa shape index (κ1) is 61.5. The van der Waals surface area contributed by atoms with Gasteiger partial charge in [0.05, 0.1) is 39.9 Å². The van der Waals surface area contributed by atoms with Crippen LogP contribution in [0.3, 0.4) is 0 Å². The highest BCUT2D eigenvalue weighted by Gasteiger charge is 2.27. The number of carbonyl (C=O) groups excluding carboxylic acids is 1. The quantitative estimate of drug-likeness (QED) is 0.0243. The van der Waals surface area contributed by atoms with Gasteiger partial charge in [-0.25, -0.2) is 4.57 Å². The smallest absolute Gasteiger partial charge is 0.387 e. The molecule has 0 aromatic heterocycles. The van der Waals surface area contributed by atoms with Gasteiger partial charge >= 0.3 is 7.82 Å². The molecule has 0 radical (unpaired) electrons. The van der Waals surface area contributed by atoms with Gasteiger partial charge in [0.25, 0.3) is 0 Å². The second-order valence-electron chi connectivity index (χ2n) is 19.2. The van der Waals surface area contributed by atoms with Crippen molar-refractivity contribution < 1.29 is 32.9 Å². The lowest BCUT2D eigenvalue weighted by molar-refractivity contribution is -0.870. The number of phosphoric acid groups is 1. The number of hydrogen-bond acceptors (Lipinski definition) is 5. The van der Waals surface area contributed by atoms with E-state index in [4.69, 9.17) is 9.05 Å². The van der Waals surface area contributed by atoms with Crippen LogP contribution < -0.4 is 5.32 Å². The summed E-state index contributed by atoms with van der Waals surface area (Å²) >= 11 is 0. The third-order valence-electron chi connectivity index (χ3n) is 11.7. The highest BCUT2D eigenvalue weighted by Crippen LogP contribution is 2.43. The highest BCUT2D eigenvalue weighted by atomic mass is 31.2. The van der Waals surface area contributed by atoms with E-state index in [0.29, 0.717) is 17.4 Å². The molecule has 0 aliphatic rings. The van der Waals surface area contributed by atoms with Crippen molar-refractivity contribution in [2.75, 3.05) is 40.9 Å². The average molecular weight is 908 g/mol. The average Bonchev–Trinajstić information content (AvgIpc) is 3.24. The van der Waals surface area contributed by atoms with Gasteiger partial charge in [0, 0.05) is 6.42 Å². The fourth-order valence-corrected chi connectivity index (χ4v) is 8.27. The maximum Gasteiger partial charge on any atom is 0.472 e. The molecule has 3 atom stereocenters. The molecule has 8 nitrogen and oxygen atoms in total. The molecule has 0 aliphatic carbocycles. The predicted molar refractivity (Wildman–Crippen MR) is 272 cm³/mol. The number of phosphoric ester groups is 1. The number of likely N-dealkylation sites (N-methyl/N-ethyl adjacent to an activating group) is 1. The van der Waals surface area contributed by atoms with E-state index in [0.717, 1.165) is 57.8 Å². The van der Waals surface area contributed by atoms with Gasteiger partial charge in [-0.3, -0.25) is 13.8 Å². The monoisotopic (exact) mass is 908 g/mol. The van der Waals surface area contributed by atoms with Gasteiger partial charge in [-0.1, -0.05) is 210 Å². The summed E-state index contributed by atoms with van der Waals surface area (Å²) in [6, 6.07) is -0.874. The Bertz CT molecular complexity index is 1170. The van der Waals surface area contributed by atoms with E-state index in [1.807, 2.05) is 27.2 Å². The second kappa shape index (κ2) is 45.6. The maximum absolute atomic E-state index is 12.9. The first-order valence-corrected chi connectivity index (χ1v) is 28.0. The minimum atomic E-state index is -4.36. The minimum Gasteiger partial charge on any atom is -0.387 e. The normalized spacial score (nSPS) is 14.5. The maximum atomic E-state index is 12.9. The number of amides is 1. The largest absolute Gasteiger partial charge is 0.472 e. The summed E-state index contributed by atoms with van der Waals surface area (Å²) in [5.41, 5.74) is 0. The molecule has 1 amide bonds. The third-order valence-corrected chi connectivity index (χ3v) is 12.7. The number of quaternary nitrogens is 1. The first-order valence-electron chi connectivity index (χ1n) is 26.5. The summed E-state index contributed by atoms with van der Waals surface area (Å²) in [6.07, 6.45) is 59.3. The van der Waals surface area contributed by atoms with E-state index in [1.165, 1.54) is 161 Å². The molecular weight excluding hydrogens is 804 g/mol. The standard InChI is InChI=1S/C54H103N2O6P/c1-6-8-10-12-14-16-18-20-22-23-24-25-26-27-28-29-30-31-32-33-34-35-37-39-41-43-45-47-53(57)52(51-62-63(59,60)61-50-49-56(3,4)5)55-54(58)48-46-44-42-40-38-36-21-19-17-15-13-11-9-7-2/h19,21,32-33,37,39,45,47,52-53,57H,6-18,20,22-31,34-36,38,40-44,46,48-51H2,1-5H3,(H-,55,58,59,60)/p+1/b21-19-,33-32+,39-37+,47-45+. The van der Waals surface area contributed by atoms with Crippen LogP contribution in [-0.2, 0) is 18.4 Å². The number of unbranched alkanes of at least 4 members (excludes halogenated alkanes) is 29. The Hall–Kier alpha value is -1.54. The summed E-state index contributed by atoms with van der Waals surface area (Å²) in [6.45, 7) is 4.78. The molecule has 0 saturated heterocycles. The van der Waals surface area contributed by atoms with E-state index in [1.54, 1.807) is 6.08 Å². The van der Waals surface area contributed by atoms with Gasteiger partial charge in [0.15, 0.2) is 0 Å². The zero-order valence-corrected chi connectivity index (χ0v) is 43.0. The van der Waals surface area contributed by atoms with Crippen molar-refractivity contribution in [2.24, 2.45) is 0 Å². The van der Waals surface area contributed by atoms with E-state index < -0.39 is 20.0 Å². The second-order valence-corrected chi connectivity index (χ2v) is 20.7. The molecule has 63 heavy (non-hydrogen) atoms. The Morgan fingerprint density at radius 2 is 0.873 bits per heavy atom. The minimum absolute atomic E-state index is 0.0512. The lowest BCUT2D eigenvalue weighted by atomic mass is 10.0. The van der Waals surface area contributed by atoms with Gasteiger partial charge in [0.1, 0.15) is 13.2 Å². The molecule has 0 saturated carbocycles. The topological polar surface area (TPSA) is 105 Å². The van der Waals surface area contributed by atoms with Gasteiger partial charge in [0.2, 0.25) is 5.91 Å². The number of carbonyl (C=O) groups is 1. The number of aliphatic hydroxyl groups is 1. The Morgan fingerprint density at radius 3 is 1.27 bits per heavy atom. The van der Waals surface area contributed by atoms with E-state index in [2.05, 4.69) is 55.6 Å². The van der Waals surface area contributed by atoms with Crippen LogP contribution in [-0.4, -0.2) is 73.4 Å². The molecule has 0 bridgehead atoms. The molecule has 9 heteroatoms. The van der Waals surface area contributed by atoms with Crippen LogP contribution in [0.25, 0.3) is 0 Å². The molecule has 3 unspecified atom stereocenters. The van der Waals surface area contributed by atoms with Crippen LogP contribution in [0.4, 0.5) is 0 Å². The van der Waals surface area contributed by atoms with Crippen LogP contribution in [0.5, 0.6) is 0 Å². The number of nitrogens with one attached hydrogen (secondary N) is 1. The SMILES string of the molecule is CCCCCCC/C=C\CCCCCCCC(=O)NC(COP(=O)(O)OCC[N+](C)(C)C)C(O)/C=C/CC/C=C/CC/C=C/CCCCCCCCCCCCCCCCCCC. The molecule has 0 aromatic rings. The molecule has 0 fully saturated rings. The van der Waals surface area contributed by atoms with Gasteiger partial charge in [-0.2, -0.15) is 0 Å². The van der Waals surface area contributed by atoms with E-state index in [9.17, 15) is 19.4 Å². The van der Waals surface area contributed by atoms with Crippen LogP contribution in [0.1, 0.15) is 239 Å². The van der Waals surface area contributed by atoms with Gasteiger partial charge in [-0.05, 0) is 70.6 Å². The summed E-state index contributed by atoms with van der Waals surface area (Å²) < 4.78 is 23.6. The fourth-order valence-electron chi connectivity index (χ4n) is 7.54. The Labute approximate surface area is 390 Å². The van der Waals surface area contributed by atoms with Crippen LogP contribution >= 0.6 is 7.82 Å². The van der Waals surface area contributed by atoms with Crippen molar-refractivity contribution in [1.82, 2.24) is 5.32 Å². The molecule has 370 valence electrons. The van der Waals surface area contributed by atoms with E-state index in [-0.39, 0.29) is 19.1 Å². The van der Waals surface area contributed by atoms with Gasteiger partial charge in [-0.15, -0.1) is 0 Å². The lowest BCUT2D eigenvalue weighted by Gasteiger charge is -2.25. The zero-order chi connectivity index (χ0) is 46.4. The predicted octanol–water partition coefficient (Wildman–Crippen LogP) is 15.6. The summed E-state index contributed by atoms with van der Waals surface area (Å²) in [4.78, 5) is 23.2. The van der Waals surface area contributed by atoms with Crippen molar-refractivity contribution in [1.29, 1.82) is 0 Å².